The molecule has 0 aromatic rings. The van der Waals surface area contributed by atoms with Gasteiger partial charge in [-0.3, -0.25) is 4.79 Å². The van der Waals surface area contributed by atoms with Crippen LogP contribution in [-0.4, -0.2) is 35.0 Å². The summed E-state index contributed by atoms with van der Waals surface area (Å²) in [4.78, 5) is 23.0. The number of hydrogen-bond acceptors (Lipinski definition) is 3. The standard InChI is InChI=1S/C23H43NO3S.Na.H/c1-3-4-5-6-7-8-9-10-11-12-13-14-15-16-17-18-22(25)24-21(23(26)27)19-20-28-2;;/h10-11,21H,3-9,12-20H2,1-2H3,(H,24,25)(H,26,27);;/q;+1;-1/b11-10-;;. The Morgan fingerprint density at radius 3 is 1.97 bits per heavy atom. The normalized spacial score (nSPS) is 11.9. The third kappa shape index (κ3) is 22.5. The van der Waals surface area contributed by atoms with Crippen LogP contribution in [0.3, 0.4) is 0 Å². The molecule has 0 rings (SSSR count). The van der Waals surface area contributed by atoms with Gasteiger partial charge in [0, 0.05) is 6.42 Å². The first-order valence-electron chi connectivity index (χ1n) is 11.3. The van der Waals surface area contributed by atoms with E-state index in [-0.39, 0.29) is 36.9 Å². The number of nitrogens with one attached hydrogen (secondary N) is 1. The van der Waals surface area contributed by atoms with Gasteiger partial charge in [0.1, 0.15) is 6.04 Å². The predicted molar refractivity (Wildman–Crippen MR) is 123 cm³/mol. The molecule has 2 N–H and O–H groups in total. The fraction of sp³-hybridized carbons (Fsp3) is 0.826. The Kier molecular flexibility index (Phi) is 26.2. The number of aliphatic carboxylic acids is 1. The van der Waals surface area contributed by atoms with Crippen LogP contribution < -0.4 is 34.9 Å². The summed E-state index contributed by atoms with van der Waals surface area (Å²) in [5, 5.41) is 11.8. The van der Waals surface area contributed by atoms with Crippen LogP contribution in [0.15, 0.2) is 12.2 Å². The number of allylic oxidation sites excluding steroid dienone is 2. The third-order valence-electron chi connectivity index (χ3n) is 4.91. The summed E-state index contributed by atoms with van der Waals surface area (Å²) in [7, 11) is 0. The first kappa shape index (κ1) is 31.2. The van der Waals surface area contributed by atoms with Crippen LogP contribution in [0.2, 0.25) is 0 Å². The van der Waals surface area contributed by atoms with E-state index in [0.29, 0.717) is 12.8 Å². The molecule has 0 saturated heterocycles. The monoisotopic (exact) mass is 437 g/mol. The molecule has 1 atom stereocenters. The van der Waals surface area contributed by atoms with E-state index in [1.54, 1.807) is 11.8 Å². The van der Waals surface area contributed by atoms with Gasteiger partial charge in [-0.25, -0.2) is 4.79 Å². The molecule has 1 unspecified atom stereocenters. The second-order valence-corrected chi connectivity index (χ2v) is 8.56. The van der Waals surface area contributed by atoms with Gasteiger partial charge in [-0.15, -0.1) is 0 Å². The summed E-state index contributed by atoms with van der Waals surface area (Å²) in [6, 6.07) is -0.747. The van der Waals surface area contributed by atoms with Crippen molar-refractivity contribution < 1.29 is 45.7 Å². The van der Waals surface area contributed by atoms with Crippen LogP contribution in [0.4, 0.5) is 0 Å². The third-order valence-corrected chi connectivity index (χ3v) is 5.55. The molecule has 6 heteroatoms. The summed E-state index contributed by atoms with van der Waals surface area (Å²) in [5.41, 5.74) is 0. The molecular formula is C23H44NNaO3S. The van der Waals surface area contributed by atoms with Crippen LogP contribution in [0.5, 0.6) is 0 Å². The second kappa shape index (κ2) is 24.3. The number of rotatable bonds is 20. The fourth-order valence-corrected chi connectivity index (χ4v) is 3.59. The first-order valence-corrected chi connectivity index (χ1v) is 12.7. The van der Waals surface area contributed by atoms with Crippen molar-refractivity contribution in [3.63, 3.8) is 0 Å². The van der Waals surface area contributed by atoms with Gasteiger partial charge in [0.25, 0.3) is 0 Å². The van der Waals surface area contributed by atoms with E-state index in [1.165, 1.54) is 57.8 Å². The van der Waals surface area contributed by atoms with Crippen LogP contribution in [0.1, 0.15) is 105 Å². The molecule has 0 spiro atoms. The first-order chi connectivity index (χ1) is 13.6. The minimum Gasteiger partial charge on any atom is -1.00 e. The number of hydrogen-bond donors (Lipinski definition) is 2. The Balaban J connectivity index is -0.00000364. The molecule has 1 amide bonds. The SMILES string of the molecule is CCCCCCCC/C=C\CCCCCCCC(=O)NC(CCSC)C(=O)O.[H-].[Na+]. The summed E-state index contributed by atoms with van der Waals surface area (Å²) >= 11 is 1.59. The van der Waals surface area contributed by atoms with Crippen molar-refractivity contribution in [3.05, 3.63) is 12.2 Å². The van der Waals surface area contributed by atoms with Gasteiger partial charge in [-0.05, 0) is 50.5 Å². The van der Waals surface area contributed by atoms with E-state index < -0.39 is 12.0 Å². The Labute approximate surface area is 207 Å². The molecule has 4 nitrogen and oxygen atoms in total. The number of carboxylic acid groups (broad SMARTS) is 1. The molecule has 0 aliphatic heterocycles. The minimum atomic E-state index is -0.938. The van der Waals surface area contributed by atoms with Gasteiger partial charge in [-0.1, -0.05) is 70.4 Å². The molecule has 0 aliphatic rings. The van der Waals surface area contributed by atoms with Crippen molar-refractivity contribution in [3.8, 4) is 0 Å². The number of amides is 1. The Morgan fingerprint density at radius 2 is 1.45 bits per heavy atom. The smallest absolute Gasteiger partial charge is 1.00 e. The Morgan fingerprint density at radius 1 is 0.931 bits per heavy atom. The molecule has 0 radical (unpaired) electrons. The van der Waals surface area contributed by atoms with E-state index >= 15 is 0 Å². The van der Waals surface area contributed by atoms with E-state index in [4.69, 9.17) is 5.11 Å². The van der Waals surface area contributed by atoms with Crippen molar-refractivity contribution >= 4 is 23.6 Å². The zero-order valence-corrected chi connectivity index (χ0v) is 22.0. The van der Waals surface area contributed by atoms with Crippen molar-refractivity contribution in [2.24, 2.45) is 0 Å². The van der Waals surface area contributed by atoms with E-state index in [1.807, 2.05) is 6.26 Å². The number of carbonyl (C=O) groups excluding carboxylic acids is 1. The van der Waals surface area contributed by atoms with Crippen LogP contribution in [-0.2, 0) is 9.59 Å². The number of thioether (sulfide) groups is 1. The van der Waals surface area contributed by atoms with E-state index in [9.17, 15) is 9.59 Å². The summed E-state index contributed by atoms with van der Waals surface area (Å²) < 4.78 is 0. The number of unbranched alkanes of at least 4 members (excludes halogenated alkanes) is 11. The molecule has 0 aliphatic carbocycles. The zero-order valence-electron chi connectivity index (χ0n) is 20.2. The van der Waals surface area contributed by atoms with Crippen molar-refractivity contribution in [2.45, 2.75) is 109 Å². The largest absolute Gasteiger partial charge is 1.00 e. The van der Waals surface area contributed by atoms with Crippen molar-refractivity contribution in [1.29, 1.82) is 0 Å². The zero-order chi connectivity index (χ0) is 20.9. The van der Waals surface area contributed by atoms with Gasteiger partial charge < -0.3 is 11.8 Å². The van der Waals surface area contributed by atoms with Gasteiger partial charge in [0.2, 0.25) is 5.91 Å². The number of carboxylic acids is 1. The minimum absolute atomic E-state index is 0. The van der Waals surface area contributed by atoms with Crippen LogP contribution in [0, 0.1) is 0 Å². The van der Waals surface area contributed by atoms with Crippen molar-refractivity contribution in [2.75, 3.05) is 12.0 Å². The van der Waals surface area contributed by atoms with Crippen LogP contribution in [0.25, 0.3) is 0 Å². The second-order valence-electron chi connectivity index (χ2n) is 7.57. The molecule has 0 fully saturated rings. The molecule has 0 aromatic heterocycles. The van der Waals surface area contributed by atoms with Gasteiger partial charge in [-0.2, -0.15) is 11.8 Å². The van der Waals surface area contributed by atoms with Crippen molar-refractivity contribution in [1.82, 2.24) is 5.32 Å². The molecule has 0 bridgehead atoms. The summed E-state index contributed by atoms with van der Waals surface area (Å²) in [5.74, 6) is -0.330. The van der Waals surface area contributed by atoms with E-state index in [2.05, 4.69) is 24.4 Å². The molecule has 0 heterocycles. The maximum absolute atomic E-state index is 11.9. The summed E-state index contributed by atoms with van der Waals surface area (Å²) in [6.45, 7) is 2.25. The topological polar surface area (TPSA) is 66.4 Å². The average molecular weight is 438 g/mol. The summed E-state index contributed by atoms with van der Waals surface area (Å²) in [6.07, 6.45) is 23.5. The number of carbonyl (C=O) groups is 2. The quantitative estimate of drug-likeness (QED) is 0.174. The molecule has 0 aromatic carbocycles. The van der Waals surface area contributed by atoms with Gasteiger partial charge >= 0.3 is 35.5 Å². The van der Waals surface area contributed by atoms with Crippen LogP contribution >= 0.6 is 11.8 Å². The molecule has 0 saturated carbocycles. The average Bonchev–Trinajstić information content (AvgIpc) is 2.67. The van der Waals surface area contributed by atoms with Gasteiger partial charge in [0.05, 0.1) is 0 Å². The molecule has 166 valence electrons. The maximum atomic E-state index is 11.9. The Hall–Kier alpha value is 0.0300. The van der Waals surface area contributed by atoms with Gasteiger partial charge in [0.15, 0.2) is 0 Å². The predicted octanol–water partition coefficient (Wildman–Crippen LogP) is 3.46. The Bertz CT molecular complexity index is 425. The fourth-order valence-electron chi connectivity index (χ4n) is 3.12. The maximum Gasteiger partial charge on any atom is 1.00 e. The molecule has 29 heavy (non-hydrogen) atoms. The van der Waals surface area contributed by atoms with E-state index in [0.717, 1.165) is 31.4 Å². The molecular weight excluding hydrogens is 393 g/mol.